The third-order valence-corrected chi connectivity index (χ3v) is 5.62. The molecule has 0 aromatic heterocycles. The molecule has 2 nitrogen and oxygen atoms in total. The highest BCUT2D eigenvalue weighted by Crippen LogP contribution is 2.08. The Hall–Kier alpha value is 0.427. The molecular weight excluding hydrogens is 176 g/mol. The summed E-state index contributed by atoms with van der Waals surface area (Å²) in [5, 5.41) is 0. The number of hydrogen-bond donors (Lipinski definition) is 1. The first-order valence-corrected chi connectivity index (χ1v) is 7.00. The van der Waals surface area contributed by atoms with Crippen LogP contribution in [0, 0.1) is 0 Å². The molecule has 2 atom stereocenters. The van der Waals surface area contributed by atoms with Crippen LogP contribution in [0.4, 0.5) is 0 Å². The molecule has 0 radical (unpaired) electrons. The van der Waals surface area contributed by atoms with Crippen molar-refractivity contribution in [3.63, 3.8) is 0 Å². The van der Waals surface area contributed by atoms with E-state index in [4.69, 9.17) is 11.1 Å². The van der Waals surface area contributed by atoms with Gasteiger partial charge in [-0.3, -0.25) is 4.90 Å². The quantitative estimate of drug-likeness (QED) is 0.413. The first-order valence-electron chi connectivity index (χ1n) is 4.01. The summed E-state index contributed by atoms with van der Waals surface area (Å²) in [6.45, 7) is 6.46. The van der Waals surface area contributed by atoms with Crippen molar-refractivity contribution in [3.8, 4) is 0 Å². The van der Waals surface area contributed by atoms with Gasteiger partial charge in [-0.2, -0.15) is 11.1 Å². The Morgan fingerprint density at radius 3 is 2.00 bits per heavy atom. The van der Waals surface area contributed by atoms with Crippen LogP contribution in [0.15, 0.2) is 0 Å². The van der Waals surface area contributed by atoms with E-state index in [0.717, 1.165) is 0 Å². The number of nitrogens with zero attached hydrogens (tertiary/aromatic N) is 1. The lowest BCUT2D eigenvalue weighted by Gasteiger charge is -2.25. The minimum atomic E-state index is -1.21. The second-order valence-corrected chi connectivity index (χ2v) is 7.33. The van der Waals surface area contributed by atoms with Crippen LogP contribution in [0.1, 0.15) is 20.8 Å². The molecule has 68 valence electrons. The number of nitrogens with one attached hydrogen (secondary N) is 1. The summed E-state index contributed by atoms with van der Waals surface area (Å²) in [5.41, 5.74) is 0.610. The first-order chi connectivity index (χ1) is 4.95. The van der Waals surface area contributed by atoms with E-state index in [1.165, 1.54) is 0 Å². The van der Waals surface area contributed by atoms with Crippen molar-refractivity contribution in [3.05, 3.63) is 0 Å². The Balaban J connectivity index is 3.66. The van der Waals surface area contributed by atoms with E-state index in [1.54, 1.807) is 0 Å². The van der Waals surface area contributed by atoms with E-state index < -0.39 is 8.27 Å². The van der Waals surface area contributed by atoms with Crippen LogP contribution in [-0.4, -0.2) is 33.4 Å². The van der Waals surface area contributed by atoms with Crippen LogP contribution in [0.3, 0.4) is 0 Å². The van der Waals surface area contributed by atoms with Gasteiger partial charge in [-0.15, -0.1) is 0 Å². The van der Waals surface area contributed by atoms with E-state index in [1.807, 2.05) is 0 Å². The molecule has 0 aliphatic rings. The average Bonchev–Trinajstić information content (AvgIpc) is 1.87. The van der Waals surface area contributed by atoms with Gasteiger partial charge in [0.25, 0.3) is 0 Å². The molecule has 0 aliphatic heterocycles. The second kappa shape index (κ2) is 5.14. The maximum atomic E-state index is 6.16. The summed E-state index contributed by atoms with van der Waals surface area (Å²) in [5.74, 6) is 0. The molecule has 0 rings (SSSR count). The van der Waals surface area contributed by atoms with Gasteiger partial charge in [-0.25, -0.2) is 0 Å². The summed E-state index contributed by atoms with van der Waals surface area (Å²) in [7, 11) is 2.89. The van der Waals surface area contributed by atoms with Crippen LogP contribution in [0.2, 0.25) is 5.54 Å². The smallest absolute Gasteiger partial charge is 0.214 e. The molecule has 0 saturated heterocycles. The zero-order valence-corrected chi connectivity index (χ0v) is 9.97. The molecule has 2 unspecified atom stereocenters. The first kappa shape index (κ1) is 11.4. The minimum absolute atomic E-state index is 0.395. The molecule has 0 bridgehead atoms. The molecule has 0 aliphatic carbocycles. The van der Waals surface area contributed by atoms with Gasteiger partial charge in [-0.1, -0.05) is 13.8 Å². The normalized spacial score (nSPS) is 17.5. The van der Waals surface area contributed by atoms with Crippen LogP contribution < -0.4 is 4.98 Å². The summed E-state index contributed by atoms with van der Waals surface area (Å²) in [6.07, 6.45) is 0.395. The Morgan fingerprint density at radius 1 is 1.27 bits per heavy atom. The van der Waals surface area contributed by atoms with Crippen molar-refractivity contribution in [2.45, 2.75) is 32.5 Å². The average molecular weight is 195 g/mol. The lowest BCUT2D eigenvalue weighted by molar-refractivity contribution is 0.299. The molecule has 0 heterocycles. The fourth-order valence-corrected chi connectivity index (χ4v) is 2.26. The van der Waals surface area contributed by atoms with Crippen LogP contribution in [-0.2, 0) is 0 Å². The van der Waals surface area contributed by atoms with Crippen LogP contribution >= 0.6 is 11.1 Å². The van der Waals surface area contributed by atoms with Gasteiger partial charge in [0.2, 0.25) is 8.27 Å². The molecule has 0 aromatic carbocycles. The van der Waals surface area contributed by atoms with Crippen molar-refractivity contribution < 1.29 is 0 Å². The van der Waals surface area contributed by atoms with Crippen molar-refractivity contribution in [1.82, 2.24) is 9.88 Å². The lowest BCUT2D eigenvalue weighted by Crippen LogP contribution is -2.46. The molecule has 1 N–H and O–H groups in total. The standard InChI is InChI=1S/C7H19ClN2Si/c1-6(2)11(8)9-7(3)10(4)5/h6-7,9,11H,1-5H3. The number of rotatable bonds is 4. The Kier molecular flexibility index (Phi) is 5.34. The predicted octanol–water partition coefficient (Wildman–Crippen LogP) is 1.35. The number of halogens is 1. The minimum Gasteiger partial charge on any atom is -0.313 e. The highest BCUT2D eigenvalue weighted by molar-refractivity contribution is 7.06. The lowest BCUT2D eigenvalue weighted by atomic mass is 10.5. The fraction of sp³-hybridized carbons (Fsp3) is 1.00. The summed E-state index contributed by atoms with van der Waals surface area (Å²) in [4.78, 5) is 5.54. The summed E-state index contributed by atoms with van der Waals surface area (Å²) in [6, 6.07) is 0. The van der Waals surface area contributed by atoms with Crippen molar-refractivity contribution in [2.24, 2.45) is 0 Å². The van der Waals surface area contributed by atoms with E-state index in [-0.39, 0.29) is 0 Å². The van der Waals surface area contributed by atoms with Gasteiger partial charge < -0.3 is 4.98 Å². The van der Waals surface area contributed by atoms with Crippen molar-refractivity contribution in [2.75, 3.05) is 14.1 Å². The SMILES string of the molecule is CC(N[SiH](Cl)C(C)C)N(C)C. The molecule has 0 spiro atoms. The van der Waals surface area contributed by atoms with E-state index >= 15 is 0 Å². The van der Waals surface area contributed by atoms with Crippen LogP contribution in [0.5, 0.6) is 0 Å². The predicted molar refractivity (Wildman–Crippen MR) is 54.4 cm³/mol. The molecule has 0 fully saturated rings. The molecule has 0 amide bonds. The molecule has 0 aromatic rings. The van der Waals surface area contributed by atoms with Gasteiger partial charge in [0, 0.05) is 0 Å². The zero-order valence-electron chi connectivity index (χ0n) is 8.06. The molecule has 4 heteroatoms. The van der Waals surface area contributed by atoms with Crippen LogP contribution in [0.25, 0.3) is 0 Å². The van der Waals surface area contributed by atoms with Gasteiger partial charge >= 0.3 is 0 Å². The maximum Gasteiger partial charge on any atom is 0.214 e. The highest BCUT2D eigenvalue weighted by atomic mass is 35.6. The van der Waals surface area contributed by atoms with Gasteiger partial charge in [0.1, 0.15) is 0 Å². The summed E-state index contributed by atoms with van der Waals surface area (Å²) < 4.78 is 0. The highest BCUT2D eigenvalue weighted by Gasteiger charge is 2.15. The number of hydrogen-bond acceptors (Lipinski definition) is 2. The largest absolute Gasteiger partial charge is 0.313 e. The molecule has 0 saturated carbocycles. The maximum absolute atomic E-state index is 6.16. The molecular formula is C7H19ClN2Si. The van der Waals surface area contributed by atoms with Gasteiger partial charge in [-0.05, 0) is 26.6 Å². The Labute approximate surface area is 76.3 Å². The van der Waals surface area contributed by atoms with E-state index in [0.29, 0.717) is 11.7 Å². The Morgan fingerprint density at radius 2 is 1.73 bits per heavy atom. The van der Waals surface area contributed by atoms with Gasteiger partial charge in [0.15, 0.2) is 0 Å². The Bertz CT molecular complexity index is 96.6. The van der Waals surface area contributed by atoms with Gasteiger partial charge in [0.05, 0.1) is 6.17 Å². The van der Waals surface area contributed by atoms with Crippen molar-refractivity contribution in [1.29, 1.82) is 0 Å². The third kappa shape index (κ3) is 4.79. The van der Waals surface area contributed by atoms with E-state index in [9.17, 15) is 0 Å². The monoisotopic (exact) mass is 194 g/mol. The third-order valence-electron chi connectivity index (χ3n) is 1.76. The topological polar surface area (TPSA) is 15.3 Å². The zero-order chi connectivity index (χ0) is 9.02. The van der Waals surface area contributed by atoms with E-state index in [2.05, 4.69) is 44.7 Å². The van der Waals surface area contributed by atoms with Crippen molar-refractivity contribution >= 4 is 19.3 Å². The second-order valence-electron chi connectivity index (χ2n) is 3.45. The summed E-state index contributed by atoms with van der Waals surface area (Å²) >= 11 is 6.16. The fourth-order valence-electron chi connectivity index (χ4n) is 0.572. The molecule has 11 heavy (non-hydrogen) atoms.